The van der Waals surface area contributed by atoms with Crippen molar-refractivity contribution in [2.75, 3.05) is 0 Å². The van der Waals surface area contributed by atoms with E-state index in [0.29, 0.717) is 5.92 Å². The van der Waals surface area contributed by atoms with E-state index >= 15 is 0 Å². The van der Waals surface area contributed by atoms with Gasteiger partial charge in [-0.2, -0.15) is 5.10 Å². The van der Waals surface area contributed by atoms with Gasteiger partial charge in [0.1, 0.15) is 6.04 Å². The van der Waals surface area contributed by atoms with Gasteiger partial charge in [-0.15, -0.1) is 0 Å². The summed E-state index contributed by atoms with van der Waals surface area (Å²) in [6.45, 7) is 10.4. The molecule has 0 aliphatic heterocycles. The van der Waals surface area contributed by atoms with E-state index in [1.807, 2.05) is 26.0 Å². The zero-order chi connectivity index (χ0) is 20.1. The standard InChI is InChI=1S/C24H31N3O/c1-5-7-20(8-6-9-23(18(4)28)25-17(2)3)21-12-13-24-22(14-21)16-27(26-24)15-19-10-11-19/h5-9,12-13,16,19,21,23,25H,2,10-11,14-15H2,1,3-4H3/b7-5-,9-6+,20-8+. The number of nitrogens with one attached hydrogen (secondary N) is 1. The van der Waals surface area contributed by atoms with Crippen molar-refractivity contribution >= 4 is 11.9 Å². The molecule has 1 fully saturated rings. The number of ketones is 1. The van der Waals surface area contributed by atoms with Gasteiger partial charge in [0.15, 0.2) is 5.78 Å². The van der Waals surface area contributed by atoms with E-state index < -0.39 is 0 Å². The molecule has 148 valence electrons. The lowest BCUT2D eigenvalue weighted by Crippen LogP contribution is -2.31. The molecular formula is C24H31N3O. The van der Waals surface area contributed by atoms with Crippen LogP contribution in [0, 0.1) is 11.8 Å². The molecule has 28 heavy (non-hydrogen) atoms. The maximum Gasteiger partial charge on any atom is 0.155 e. The maximum absolute atomic E-state index is 11.8. The molecule has 3 rings (SSSR count). The van der Waals surface area contributed by atoms with Gasteiger partial charge in [0, 0.05) is 24.4 Å². The molecule has 0 amide bonds. The summed E-state index contributed by atoms with van der Waals surface area (Å²) in [6.07, 6.45) is 20.4. The second kappa shape index (κ2) is 9.05. The first-order valence-electron chi connectivity index (χ1n) is 10.1. The van der Waals surface area contributed by atoms with Crippen LogP contribution in [-0.2, 0) is 17.8 Å². The zero-order valence-corrected chi connectivity index (χ0v) is 17.2. The molecule has 1 N–H and O–H groups in total. The summed E-state index contributed by atoms with van der Waals surface area (Å²) >= 11 is 0. The molecule has 4 heteroatoms. The number of hydrogen-bond acceptors (Lipinski definition) is 3. The van der Waals surface area contributed by atoms with Gasteiger partial charge in [-0.25, -0.2) is 0 Å². The van der Waals surface area contributed by atoms with Crippen molar-refractivity contribution in [2.45, 2.75) is 52.6 Å². The smallest absolute Gasteiger partial charge is 0.155 e. The van der Waals surface area contributed by atoms with Crippen molar-refractivity contribution in [1.29, 1.82) is 0 Å². The van der Waals surface area contributed by atoms with E-state index in [2.05, 4.69) is 53.2 Å². The predicted octanol–water partition coefficient (Wildman–Crippen LogP) is 4.62. The summed E-state index contributed by atoms with van der Waals surface area (Å²) in [5.74, 6) is 1.22. The van der Waals surface area contributed by atoms with Crippen LogP contribution in [0.2, 0.25) is 0 Å². The maximum atomic E-state index is 11.8. The normalized spacial score (nSPS) is 20.5. The monoisotopic (exact) mass is 377 g/mol. The summed E-state index contributed by atoms with van der Waals surface area (Å²) in [5.41, 5.74) is 4.44. The minimum Gasteiger partial charge on any atom is -0.376 e. The first-order chi connectivity index (χ1) is 13.5. The Morgan fingerprint density at radius 1 is 1.43 bits per heavy atom. The Bertz CT molecular complexity index is 849. The Morgan fingerprint density at radius 3 is 2.86 bits per heavy atom. The van der Waals surface area contributed by atoms with Crippen molar-refractivity contribution in [2.24, 2.45) is 11.8 Å². The zero-order valence-electron chi connectivity index (χ0n) is 17.2. The summed E-state index contributed by atoms with van der Waals surface area (Å²) < 4.78 is 2.12. The molecule has 0 saturated heterocycles. The molecule has 2 unspecified atom stereocenters. The van der Waals surface area contributed by atoms with Crippen LogP contribution < -0.4 is 5.32 Å². The number of carbonyl (C=O) groups is 1. The fraction of sp³-hybridized carbons (Fsp3) is 0.417. The highest BCUT2D eigenvalue weighted by atomic mass is 16.1. The Morgan fingerprint density at radius 2 is 2.21 bits per heavy atom. The van der Waals surface area contributed by atoms with Crippen molar-refractivity contribution < 1.29 is 4.79 Å². The lowest BCUT2D eigenvalue weighted by atomic mass is 9.87. The van der Waals surface area contributed by atoms with Crippen LogP contribution in [0.25, 0.3) is 6.08 Å². The Labute approximate surface area is 168 Å². The summed E-state index contributed by atoms with van der Waals surface area (Å²) in [5, 5.41) is 7.83. The van der Waals surface area contributed by atoms with Crippen LogP contribution in [0.4, 0.5) is 0 Å². The molecule has 4 nitrogen and oxygen atoms in total. The van der Waals surface area contributed by atoms with Crippen molar-refractivity contribution in [3.8, 4) is 0 Å². The van der Waals surface area contributed by atoms with E-state index in [1.54, 1.807) is 6.92 Å². The fourth-order valence-corrected chi connectivity index (χ4v) is 3.50. The minimum atomic E-state index is -0.338. The van der Waals surface area contributed by atoms with Gasteiger partial charge in [0.2, 0.25) is 0 Å². The van der Waals surface area contributed by atoms with Crippen molar-refractivity contribution in [1.82, 2.24) is 15.1 Å². The lowest BCUT2D eigenvalue weighted by Gasteiger charge is -2.17. The molecule has 0 spiro atoms. The van der Waals surface area contributed by atoms with E-state index in [-0.39, 0.29) is 11.8 Å². The van der Waals surface area contributed by atoms with Crippen LogP contribution in [0.5, 0.6) is 0 Å². The van der Waals surface area contributed by atoms with E-state index in [1.165, 1.54) is 24.0 Å². The Hall–Kier alpha value is -2.62. The third-order valence-corrected chi connectivity index (χ3v) is 5.16. The molecule has 1 aromatic rings. The number of Topliss-reactive ketones (excluding diaryl/α,β-unsaturated/α-hetero) is 1. The molecule has 2 aliphatic carbocycles. The summed E-state index contributed by atoms with van der Waals surface area (Å²) in [6, 6.07) is -0.338. The van der Waals surface area contributed by atoms with Gasteiger partial charge in [-0.3, -0.25) is 9.48 Å². The van der Waals surface area contributed by atoms with Gasteiger partial charge in [-0.1, -0.05) is 43.0 Å². The van der Waals surface area contributed by atoms with E-state index in [4.69, 9.17) is 5.10 Å². The predicted molar refractivity (Wildman–Crippen MR) is 116 cm³/mol. The first kappa shape index (κ1) is 20.1. The highest BCUT2D eigenvalue weighted by Crippen LogP contribution is 2.32. The van der Waals surface area contributed by atoms with Crippen molar-refractivity contribution in [3.63, 3.8) is 0 Å². The van der Waals surface area contributed by atoms with E-state index in [0.717, 1.165) is 30.3 Å². The molecule has 2 atom stereocenters. The molecule has 0 radical (unpaired) electrons. The number of carbonyl (C=O) groups excluding carboxylic acids is 1. The molecular weight excluding hydrogens is 346 g/mol. The van der Waals surface area contributed by atoms with Crippen LogP contribution in [0.3, 0.4) is 0 Å². The first-order valence-corrected chi connectivity index (χ1v) is 10.1. The quantitative estimate of drug-likeness (QED) is 0.639. The average Bonchev–Trinajstić information content (AvgIpc) is 3.35. The minimum absolute atomic E-state index is 0.0746. The number of allylic oxidation sites excluding steroid dienone is 7. The van der Waals surface area contributed by atoms with Gasteiger partial charge in [0.25, 0.3) is 0 Å². The summed E-state index contributed by atoms with van der Waals surface area (Å²) in [4.78, 5) is 11.8. The van der Waals surface area contributed by atoms with Crippen LogP contribution in [0.15, 0.2) is 60.5 Å². The Kier molecular flexibility index (Phi) is 6.50. The second-order valence-electron chi connectivity index (χ2n) is 7.94. The SMILES string of the molecule is C=C(C)NC(/C=C/C=C(\C=C/C)C1C=Cc2nn(CC3CC3)cc2C1)C(C)=O. The third-order valence-electron chi connectivity index (χ3n) is 5.16. The van der Waals surface area contributed by atoms with Gasteiger partial charge >= 0.3 is 0 Å². The molecule has 0 bridgehead atoms. The number of nitrogens with zero attached hydrogens (tertiary/aromatic N) is 2. The molecule has 2 aliphatic rings. The highest BCUT2D eigenvalue weighted by Gasteiger charge is 2.24. The summed E-state index contributed by atoms with van der Waals surface area (Å²) in [7, 11) is 0. The Balaban J connectivity index is 1.72. The second-order valence-corrected chi connectivity index (χ2v) is 7.94. The number of hydrogen-bond donors (Lipinski definition) is 1. The largest absolute Gasteiger partial charge is 0.376 e. The molecule has 1 saturated carbocycles. The van der Waals surface area contributed by atoms with Crippen LogP contribution in [-0.4, -0.2) is 21.6 Å². The third kappa shape index (κ3) is 5.44. The van der Waals surface area contributed by atoms with Crippen LogP contribution >= 0.6 is 0 Å². The van der Waals surface area contributed by atoms with Gasteiger partial charge in [0.05, 0.1) is 5.69 Å². The van der Waals surface area contributed by atoms with Gasteiger partial charge in [-0.05, 0) is 63.2 Å². The molecule has 0 aromatic carbocycles. The number of aromatic nitrogens is 2. The molecule has 1 aromatic heterocycles. The lowest BCUT2D eigenvalue weighted by molar-refractivity contribution is -0.117. The average molecular weight is 378 g/mol. The fourth-order valence-electron chi connectivity index (χ4n) is 3.50. The topological polar surface area (TPSA) is 46.9 Å². The van der Waals surface area contributed by atoms with E-state index in [9.17, 15) is 4.79 Å². The number of fused-ring (bicyclic) bond motifs is 1. The number of rotatable bonds is 9. The molecule has 1 heterocycles. The highest BCUT2D eigenvalue weighted by molar-refractivity contribution is 5.83. The van der Waals surface area contributed by atoms with Crippen molar-refractivity contribution in [3.05, 3.63) is 71.8 Å². The van der Waals surface area contributed by atoms with Gasteiger partial charge < -0.3 is 5.32 Å². The van der Waals surface area contributed by atoms with Crippen LogP contribution in [0.1, 0.15) is 44.9 Å².